The zero-order valence-electron chi connectivity index (χ0n) is 22.7. The van der Waals surface area contributed by atoms with Gasteiger partial charge in [-0.1, -0.05) is 26.7 Å². The van der Waals surface area contributed by atoms with Crippen LogP contribution in [0.3, 0.4) is 0 Å². The molecule has 38 heavy (non-hydrogen) atoms. The zero-order chi connectivity index (χ0) is 27.2. The minimum Gasteiger partial charge on any atom is -0.493 e. The van der Waals surface area contributed by atoms with Crippen LogP contribution in [0.5, 0.6) is 11.5 Å². The predicted octanol–water partition coefficient (Wildman–Crippen LogP) is 3.56. The third-order valence-electron chi connectivity index (χ3n) is 7.25. The van der Waals surface area contributed by atoms with Gasteiger partial charge in [-0.15, -0.1) is 0 Å². The SMILES string of the molecule is COc1cc2cc(c1OC)-c1cncc(c1)C(=O)N[C@H](CC(C)C)C(=O)NCCN(C(=O)C1CCCC1)C2. The van der Waals surface area contributed by atoms with Gasteiger partial charge in [-0.2, -0.15) is 0 Å². The summed E-state index contributed by atoms with van der Waals surface area (Å²) in [4.78, 5) is 46.0. The summed E-state index contributed by atoms with van der Waals surface area (Å²) in [6.45, 7) is 5.02. The lowest BCUT2D eigenvalue weighted by atomic mass is 9.99. The van der Waals surface area contributed by atoms with E-state index in [1.165, 1.54) is 6.20 Å². The van der Waals surface area contributed by atoms with Crippen molar-refractivity contribution >= 4 is 17.7 Å². The fraction of sp³-hybridized carbons (Fsp3) is 0.517. The largest absolute Gasteiger partial charge is 0.493 e. The molecule has 1 atom stereocenters. The number of benzene rings is 1. The highest BCUT2D eigenvalue weighted by molar-refractivity contribution is 5.98. The molecule has 0 radical (unpaired) electrons. The van der Waals surface area contributed by atoms with Gasteiger partial charge in [0.1, 0.15) is 6.04 Å². The van der Waals surface area contributed by atoms with E-state index >= 15 is 0 Å². The number of ether oxygens (including phenoxy) is 2. The van der Waals surface area contributed by atoms with Crippen LogP contribution in [0.1, 0.15) is 61.9 Å². The van der Waals surface area contributed by atoms with E-state index in [9.17, 15) is 14.4 Å². The summed E-state index contributed by atoms with van der Waals surface area (Å²) in [7, 11) is 3.14. The second kappa shape index (κ2) is 12.3. The molecule has 1 aliphatic carbocycles. The molecule has 1 aromatic heterocycles. The van der Waals surface area contributed by atoms with Crippen LogP contribution in [0.15, 0.2) is 30.6 Å². The van der Waals surface area contributed by atoms with Crippen molar-refractivity contribution < 1.29 is 23.9 Å². The summed E-state index contributed by atoms with van der Waals surface area (Å²) in [6, 6.07) is 4.85. The third-order valence-corrected chi connectivity index (χ3v) is 7.25. The number of rotatable bonds is 5. The fourth-order valence-electron chi connectivity index (χ4n) is 5.34. The predicted molar refractivity (Wildman–Crippen MR) is 144 cm³/mol. The number of hydrogen-bond donors (Lipinski definition) is 2. The molecule has 9 nitrogen and oxygen atoms in total. The minimum absolute atomic E-state index is 0.00117. The van der Waals surface area contributed by atoms with Gasteiger partial charge in [-0.25, -0.2) is 0 Å². The lowest BCUT2D eigenvalue weighted by Crippen LogP contribution is -2.49. The van der Waals surface area contributed by atoms with Gasteiger partial charge in [0.15, 0.2) is 11.5 Å². The van der Waals surface area contributed by atoms with Crippen molar-refractivity contribution in [1.29, 1.82) is 0 Å². The average Bonchev–Trinajstić information content (AvgIpc) is 3.45. The maximum Gasteiger partial charge on any atom is 0.253 e. The first-order valence-corrected chi connectivity index (χ1v) is 13.4. The molecule has 2 aliphatic rings. The van der Waals surface area contributed by atoms with Gasteiger partial charge in [0.25, 0.3) is 5.91 Å². The molecule has 4 rings (SSSR count). The summed E-state index contributed by atoms with van der Waals surface area (Å²) in [5.74, 6) is 0.699. The molecule has 2 aromatic rings. The van der Waals surface area contributed by atoms with E-state index in [0.717, 1.165) is 31.2 Å². The van der Waals surface area contributed by atoms with Crippen molar-refractivity contribution in [2.24, 2.45) is 11.8 Å². The molecule has 0 spiro atoms. The quantitative estimate of drug-likeness (QED) is 0.622. The van der Waals surface area contributed by atoms with E-state index in [0.29, 0.717) is 47.7 Å². The maximum absolute atomic E-state index is 13.5. The average molecular weight is 523 g/mol. The number of nitrogens with one attached hydrogen (secondary N) is 2. The fourth-order valence-corrected chi connectivity index (χ4v) is 5.34. The van der Waals surface area contributed by atoms with Gasteiger partial charge in [0.2, 0.25) is 11.8 Å². The van der Waals surface area contributed by atoms with E-state index < -0.39 is 6.04 Å². The number of hydrogen-bond acceptors (Lipinski definition) is 6. The van der Waals surface area contributed by atoms with Gasteiger partial charge < -0.3 is 25.0 Å². The lowest BCUT2D eigenvalue weighted by Gasteiger charge is -2.27. The van der Waals surface area contributed by atoms with E-state index in [1.54, 1.807) is 26.5 Å². The topological polar surface area (TPSA) is 110 Å². The van der Waals surface area contributed by atoms with Gasteiger partial charge >= 0.3 is 0 Å². The Bertz CT molecular complexity index is 1180. The highest BCUT2D eigenvalue weighted by atomic mass is 16.5. The Balaban J connectivity index is 1.80. The van der Waals surface area contributed by atoms with Crippen molar-refractivity contribution in [3.05, 3.63) is 41.7 Å². The Labute approximate surface area is 224 Å². The van der Waals surface area contributed by atoms with Crippen LogP contribution in [0.25, 0.3) is 11.1 Å². The first kappa shape index (κ1) is 27.4. The minimum atomic E-state index is -0.703. The molecule has 1 aromatic carbocycles. The molecule has 2 N–H and O–H groups in total. The number of aromatic nitrogens is 1. The summed E-state index contributed by atoms with van der Waals surface area (Å²) in [6.07, 6.45) is 7.52. The highest BCUT2D eigenvalue weighted by Gasteiger charge is 2.29. The van der Waals surface area contributed by atoms with E-state index in [1.807, 2.05) is 30.9 Å². The number of nitrogens with zero attached hydrogens (tertiary/aromatic N) is 2. The molecule has 2 heterocycles. The van der Waals surface area contributed by atoms with E-state index in [4.69, 9.17) is 9.47 Å². The Hall–Kier alpha value is -3.62. The van der Waals surface area contributed by atoms with Gasteiger partial charge in [0, 0.05) is 49.1 Å². The normalized spacial score (nSPS) is 18.9. The molecule has 3 amide bonds. The second-order valence-electron chi connectivity index (χ2n) is 10.5. The van der Waals surface area contributed by atoms with Crippen molar-refractivity contribution in [2.75, 3.05) is 27.3 Å². The van der Waals surface area contributed by atoms with Gasteiger partial charge in [-0.05, 0) is 48.9 Å². The summed E-state index contributed by atoms with van der Waals surface area (Å²) >= 11 is 0. The molecule has 1 saturated carbocycles. The van der Waals surface area contributed by atoms with Crippen LogP contribution >= 0.6 is 0 Å². The summed E-state index contributed by atoms with van der Waals surface area (Å²) < 4.78 is 11.4. The van der Waals surface area contributed by atoms with Crippen LogP contribution in [0, 0.1) is 11.8 Å². The molecule has 4 bridgehead atoms. The molecule has 1 aliphatic heterocycles. The van der Waals surface area contributed by atoms with E-state index in [2.05, 4.69) is 15.6 Å². The number of pyridine rings is 1. The first-order chi connectivity index (χ1) is 18.3. The maximum atomic E-state index is 13.5. The number of carbonyl (C=O) groups excluding carboxylic acids is 3. The molecule has 1 fully saturated rings. The Morgan fingerprint density at radius 2 is 1.82 bits per heavy atom. The molecule has 0 saturated heterocycles. The number of carbonyl (C=O) groups is 3. The smallest absolute Gasteiger partial charge is 0.253 e. The summed E-state index contributed by atoms with van der Waals surface area (Å²) in [5.41, 5.74) is 2.57. The van der Waals surface area contributed by atoms with Gasteiger partial charge in [-0.3, -0.25) is 19.4 Å². The second-order valence-corrected chi connectivity index (χ2v) is 10.5. The van der Waals surface area contributed by atoms with Crippen molar-refractivity contribution in [3.8, 4) is 22.6 Å². The highest BCUT2D eigenvalue weighted by Crippen LogP contribution is 2.40. The van der Waals surface area contributed by atoms with Crippen molar-refractivity contribution in [1.82, 2.24) is 20.5 Å². The third kappa shape index (κ3) is 6.26. The zero-order valence-corrected chi connectivity index (χ0v) is 22.7. The number of fused-ring (bicyclic) bond motifs is 5. The molecular weight excluding hydrogens is 484 g/mol. The first-order valence-electron chi connectivity index (χ1n) is 13.4. The van der Waals surface area contributed by atoms with Crippen LogP contribution in [0.2, 0.25) is 0 Å². The van der Waals surface area contributed by atoms with Gasteiger partial charge in [0.05, 0.1) is 19.8 Å². The number of amides is 3. The summed E-state index contributed by atoms with van der Waals surface area (Å²) in [5, 5.41) is 5.84. The molecule has 9 heteroatoms. The molecular formula is C29H38N4O5. The standard InChI is InChI=1S/C29H38N4O5/c1-18(2)11-24-28(35)31-9-10-33(29(36)20-7-5-6-8-20)17-19-12-23(26(38-4)25(13-19)37-3)21-14-22(16-30-15-21)27(34)32-24/h12-16,18,20,24H,5-11,17H2,1-4H3,(H,31,35)(H,32,34)/t24-/m1/s1. The lowest BCUT2D eigenvalue weighted by molar-refractivity contribution is -0.136. The van der Waals surface area contributed by atoms with Crippen molar-refractivity contribution in [2.45, 2.75) is 58.5 Å². The molecule has 0 unspecified atom stereocenters. The van der Waals surface area contributed by atoms with E-state index in [-0.39, 0.29) is 36.1 Å². The Morgan fingerprint density at radius 1 is 1.08 bits per heavy atom. The van der Waals surface area contributed by atoms with Crippen LogP contribution in [-0.4, -0.2) is 61.0 Å². The van der Waals surface area contributed by atoms with Crippen LogP contribution in [0.4, 0.5) is 0 Å². The van der Waals surface area contributed by atoms with Crippen LogP contribution in [-0.2, 0) is 16.1 Å². The Morgan fingerprint density at radius 3 is 2.50 bits per heavy atom. The monoisotopic (exact) mass is 522 g/mol. The molecule has 204 valence electrons. The Kier molecular flexibility index (Phi) is 8.86. The number of methoxy groups -OCH3 is 2. The van der Waals surface area contributed by atoms with Crippen LogP contribution < -0.4 is 20.1 Å². The van der Waals surface area contributed by atoms with Crippen molar-refractivity contribution in [3.63, 3.8) is 0 Å².